The average Bonchev–Trinajstić information content (AvgIpc) is 2.34. The second kappa shape index (κ2) is 8.98. The Labute approximate surface area is 124 Å². The van der Waals surface area contributed by atoms with Crippen molar-refractivity contribution in [1.29, 1.82) is 0 Å². The lowest BCUT2D eigenvalue weighted by atomic mass is 9.94. The fourth-order valence-corrected chi connectivity index (χ4v) is 3.01. The first-order chi connectivity index (χ1) is 9.38. The average molecular weight is 286 g/mol. The summed E-state index contributed by atoms with van der Waals surface area (Å²) in [6.45, 7) is 12.1. The largest absolute Gasteiger partial charge is 0.389 e. The Bertz CT molecular complexity index is 261. The third-order valence-electron chi connectivity index (χ3n) is 4.10. The molecule has 20 heavy (non-hydrogen) atoms. The number of aliphatic hydroxyl groups is 1. The molecule has 4 unspecified atom stereocenters. The molecule has 1 aliphatic heterocycles. The first-order valence-electron chi connectivity index (χ1n) is 8.10. The fourth-order valence-electron chi connectivity index (χ4n) is 3.01. The number of hydrogen-bond donors (Lipinski definition) is 2. The summed E-state index contributed by atoms with van der Waals surface area (Å²) < 4.78 is 5.70. The molecule has 1 fully saturated rings. The van der Waals surface area contributed by atoms with Crippen LogP contribution in [0.15, 0.2) is 0 Å². The van der Waals surface area contributed by atoms with Gasteiger partial charge in [-0.05, 0) is 45.2 Å². The highest BCUT2D eigenvalue weighted by Gasteiger charge is 2.24. The van der Waals surface area contributed by atoms with Crippen LogP contribution in [0.3, 0.4) is 0 Å². The molecule has 0 bridgehead atoms. The van der Waals surface area contributed by atoms with Gasteiger partial charge in [0.05, 0.1) is 18.8 Å². The molecule has 1 aliphatic rings. The van der Waals surface area contributed by atoms with Gasteiger partial charge in [-0.3, -0.25) is 0 Å². The number of likely N-dealkylation sites (tertiary alicyclic amines) is 1. The van der Waals surface area contributed by atoms with Crippen LogP contribution < -0.4 is 5.32 Å². The van der Waals surface area contributed by atoms with E-state index >= 15 is 0 Å². The zero-order valence-corrected chi connectivity index (χ0v) is 13.9. The lowest BCUT2D eigenvalue weighted by Gasteiger charge is -2.35. The van der Waals surface area contributed by atoms with Gasteiger partial charge in [-0.2, -0.15) is 0 Å². The van der Waals surface area contributed by atoms with Crippen molar-refractivity contribution in [2.75, 3.05) is 33.3 Å². The summed E-state index contributed by atoms with van der Waals surface area (Å²) in [7, 11) is 2.17. The van der Waals surface area contributed by atoms with Crippen LogP contribution in [0.2, 0.25) is 0 Å². The molecule has 0 spiro atoms. The third kappa shape index (κ3) is 7.02. The maximum absolute atomic E-state index is 10.0. The van der Waals surface area contributed by atoms with E-state index in [9.17, 15) is 5.11 Å². The van der Waals surface area contributed by atoms with Gasteiger partial charge in [-0.25, -0.2) is 0 Å². The van der Waals surface area contributed by atoms with Crippen LogP contribution in [0.4, 0.5) is 0 Å². The van der Waals surface area contributed by atoms with Crippen LogP contribution in [-0.2, 0) is 4.74 Å². The molecule has 0 aromatic carbocycles. The van der Waals surface area contributed by atoms with Crippen molar-refractivity contribution >= 4 is 0 Å². The minimum atomic E-state index is -0.406. The van der Waals surface area contributed by atoms with Crippen molar-refractivity contribution in [3.8, 4) is 0 Å². The molecular weight excluding hydrogens is 252 g/mol. The zero-order valence-electron chi connectivity index (χ0n) is 13.9. The minimum Gasteiger partial charge on any atom is -0.389 e. The zero-order chi connectivity index (χ0) is 15.1. The fraction of sp³-hybridized carbons (Fsp3) is 1.00. The monoisotopic (exact) mass is 286 g/mol. The summed E-state index contributed by atoms with van der Waals surface area (Å²) in [6.07, 6.45) is 2.03. The molecule has 120 valence electrons. The van der Waals surface area contributed by atoms with Gasteiger partial charge in [-0.15, -0.1) is 0 Å². The number of aliphatic hydroxyl groups excluding tert-OH is 1. The maximum atomic E-state index is 10.0. The second-order valence-electron chi connectivity index (χ2n) is 6.97. The van der Waals surface area contributed by atoms with E-state index < -0.39 is 6.10 Å². The van der Waals surface area contributed by atoms with Gasteiger partial charge in [0.1, 0.15) is 0 Å². The van der Waals surface area contributed by atoms with Gasteiger partial charge < -0.3 is 20.1 Å². The number of piperidine rings is 1. The number of rotatable bonds is 8. The van der Waals surface area contributed by atoms with Crippen LogP contribution >= 0.6 is 0 Å². The van der Waals surface area contributed by atoms with Crippen LogP contribution in [-0.4, -0.2) is 61.5 Å². The summed E-state index contributed by atoms with van der Waals surface area (Å²) in [5.74, 6) is 1.28. The van der Waals surface area contributed by atoms with E-state index in [4.69, 9.17) is 4.74 Å². The Morgan fingerprint density at radius 2 is 2.05 bits per heavy atom. The van der Waals surface area contributed by atoms with Gasteiger partial charge in [0.25, 0.3) is 0 Å². The number of hydrogen-bond acceptors (Lipinski definition) is 4. The quantitative estimate of drug-likeness (QED) is 0.713. The molecule has 4 atom stereocenters. The Balaban J connectivity index is 2.15. The molecule has 0 aliphatic carbocycles. The molecule has 0 saturated carbocycles. The van der Waals surface area contributed by atoms with Crippen molar-refractivity contribution in [3.05, 3.63) is 0 Å². The van der Waals surface area contributed by atoms with Crippen molar-refractivity contribution in [2.45, 2.75) is 58.8 Å². The molecule has 0 amide bonds. The smallest absolute Gasteiger partial charge is 0.0897 e. The standard InChI is InChI=1S/C16H34N2O2/c1-12(2)8-14(4)20-11-15(19)9-17-16-6-7-18(5)10-13(16)3/h12-17,19H,6-11H2,1-5H3. The highest BCUT2D eigenvalue weighted by Crippen LogP contribution is 2.15. The molecule has 1 saturated heterocycles. The van der Waals surface area contributed by atoms with Crippen molar-refractivity contribution in [3.63, 3.8) is 0 Å². The van der Waals surface area contributed by atoms with Crippen molar-refractivity contribution in [2.24, 2.45) is 11.8 Å². The topological polar surface area (TPSA) is 44.7 Å². The predicted octanol–water partition coefficient (Wildman–Crippen LogP) is 1.73. The number of nitrogens with zero attached hydrogens (tertiary/aromatic N) is 1. The van der Waals surface area contributed by atoms with E-state index in [0.29, 0.717) is 31.0 Å². The lowest BCUT2D eigenvalue weighted by molar-refractivity contribution is -0.0106. The summed E-state index contributed by atoms with van der Waals surface area (Å²) in [6, 6.07) is 0.522. The molecule has 1 rings (SSSR count). The molecule has 4 nitrogen and oxygen atoms in total. The van der Waals surface area contributed by atoms with E-state index in [1.165, 1.54) is 0 Å². The lowest BCUT2D eigenvalue weighted by Crippen LogP contribution is -2.49. The SMILES string of the molecule is CC(C)CC(C)OCC(O)CNC1CCN(C)CC1C. The van der Waals surface area contributed by atoms with Crippen LogP contribution in [0.5, 0.6) is 0 Å². The number of nitrogens with one attached hydrogen (secondary N) is 1. The van der Waals surface area contributed by atoms with Crippen molar-refractivity contribution in [1.82, 2.24) is 10.2 Å². The molecule has 0 aromatic rings. The van der Waals surface area contributed by atoms with Gasteiger partial charge >= 0.3 is 0 Å². The first kappa shape index (κ1) is 17.9. The van der Waals surface area contributed by atoms with E-state index in [0.717, 1.165) is 25.9 Å². The second-order valence-corrected chi connectivity index (χ2v) is 6.97. The summed E-state index contributed by atoms with van der Waals surface area (Å²) >= 11 is 0. The van der Waals surface area contributed by atoms with E-state index in [1.807, 2.05) is 0 Å². The van der Waals surface area contributed by atoms with Gasteiger partial charge in [0, 0.05) is 19.1 Å². The summed E-state index contributed by atoms with van der Waals surface area (Å²) in [4.78, 5) is 2.37. The Kier molecular flexibility index (Phi) is 8.03. The Morgan fingerprint density at radius 1 is 1.35 bits per heavy atom. The van der Waals surface area contributed by atoms with Crippen LogP contribution in [0.1, 0.15) is 40.5 Å². The molecule has 0 radical (unpaired) electrons. The van der Waals surface area contributed by atoms with E-state index in [-0.39, 0.29) is 6.10 Å². The van der Waals surface area contributed by atoms with Gasteiger partial charge in [0.2, 0.25) is 0 Å². The summed E-state index contributed by atoms with van der Waals surface area (Å²) in [5, 5.41) is 13.5. The molecule has 0 aromatic heterocycles. The maximum Gasteiger partial charge on any atom is 0.0897 e. The highest BCUT2D eigenvalue weighted by atomic mass is 16.5. The predicted molar refractivity (Wildman–Crippen MR) is 83.9 cm³/mol. The molecular formula is C16H34N2O2. The minimum absolute atomic E-state index is 0.229. The molecule has 1 heterocycles. The third-order valence-corrected chi connectivity index (χ3v) is 4.10. The van der Waals surface area contributed by atoms with Crippen LogP contribution in [0.25, 0.3) is 0 Å². The van der Waals surface area contributed by atoms with Gasteiger partial charge in [0.15, 0.2) is 0 Å². The highest BCUT2D eigenvalue weighted by molar-refractivity contribution is 4.82. The molecule has 4 heteroatoms. The Morgan fingerprint density at radius 3 is 2.65 bits per heavy atom. The van der Waals surface area contributed by atoms with E-state index in [1.54, 1.807) is 0 Å². The number of ether oxygens (including phenoxy) is 1. The summed E-state index contributed by atoms with van der Waals surface area (Å²) in [5.41, 5.74) is 0. The van der Waals surface area contributed by atoms with Crippen molar-refractivity contribution < 1.29 is 9.84 Å². The normalized spacial score (nSPS) is 27.8. The first-order valence-corrected chi connectivity index (χ1v) is 8.10. The molecule has 2 N–H and O–H groups in total. The van der Waals surface area contributed by atoms with Crippen LogP contribution in [0, 0.1) is 11.8 Å². The van der Waals surface area contributed by atoms with Gasteiger partial charge in [-0.1, -0.05) is 20.8 Å². The Hall–Kier alpha value is -0.160. The van der Waals surface area contributed by atoms with E-state index in [2.05, 4.69) is 45.0 Å².